The molecule has 0 aromatic heterocycles. The van der Waals surface area contributed by atoms with E-state index in [-0.39, 0.29) is 11.8 Å². The van der Waals surface area contributed by atoms with E-state index in [9.17, 15) is 14.7 Å². The Hall–Kier alpha value is -1.10. The lowest BCUT2D eigenvalue weighted by Crippen LogP contribution is -2.43. The Kier molecular flexibility index (Phi) is 4.48. The van der Waals surface area contributed by atoms with E-state index < -0.39 is 11.9 Å². The first-order valence-corrected chi connectivity index (χ1v) is 8.42. The van der Waals surface area contributed by atoms with Crippen LogP contribution in [-0.2, 0) is 9.59 Å². The molecule has 5 nitrogen and oxygen atoms in total. The molecule has 21 heavy (non-hydrogen) atoms. The number of aliphatic carboxylic acids is 1. The summed E-state index contributed by atoms with van der Waals surface area (Å²) in [7, 11) is 0. The lowest BCUT2D eigenvalue weighted by Gasteiger charge is -2.31. The summed E-state index contributed by atoms with van der Waals surface area (Å²) in [5, 5.41) is 9.35. The van der Waals surface area contributed by atoms with Gasteiger partial charge < -0.3 is 10.0 Å². The minimum Gasteiger partial charge on any atom is -0.481 e. The van der Waals surface area contributed by atoms with Crippen LogP contribution in [0.2, 0.25) is 0 Å². The number of hydrogen-bond acceptors (Lipinski definition) is 3. The molecule has 3 fully saturated rings. The summed E-state index contributed by atoms with van der Waals surface area (Å²) in [5.41, 5.74) is 0. The number of carboxylic acid groups (broad SMARTS) is 1. The number of carbonyl (C=O) groups excluding carboxylic acids is 1. The van der Waals surface area contributed by atoms with Crippen molar-refractivity contribution >= 4 is 11.9 Å². The van der Waals surface area contributed by atoms with E-state index >= 15 is 0 Å². The van der Waals surface area contributed by atoms with Crippen molar-refractivity contribution in [2.45, 2.75) is 51.0 Å². The third-order valence-corrected chi connectivity index (χ3v) is 5.53. The van der Waals surface area contributed by atoms with Gasteiger partial charge in [-0.3, -0.25) is 14.5 Å². The summed E-state index contributed by atoms with van der Waals surface area (Å²) < 4.78 is 0. The van der Waals surface area contributed by atoms with Crippen LogP contribution in [0.5, 0.6) is 0 Å². The summed E-state index contributed by atoms with van der Waals surface area (Å²) in [6, 6.07) is 0.503. The van der Waals surface area contributed by atoms with E-state index in [0.717, 1.165) is 51.9 Å². The number of carbonyl (C=O) groups is 2. The fraction of sp³-hybridized carbons (Fsp3) is 0.875. The summed E-state index contributed by atoms with van der Waals surface area (Å²) in [6.07, 6.45) is 6.94. The zero-order valence-electron chi connectivity index (χ0n) is 12.7. The first kappa shape index (κ1) is 14.8. The van der Waals surface area contributed by atoms with E-state index in [4.69, 9.17) is 0 Å². The van der Waals surface area contributed by atoms with Gasteiger partial charge in [0, 0.05) is 19.1 Å². The first-order chi connectivity index (χ1) is 10.2. The van der Waals surface area contributed by atoms with Crippen molar-refractivity contribution in [1.29, 1.82) is 0 Å². The average Bonchev–Trinajstić information content (AvgIpc) is 3.17. The maximum Gasteiger partial charge on any atom is 0.307 e. The Morgan fingerprint density at radius 2 is 1.52 bits per heavy atom. The predicted molar refractivity (Wildman–Crippen MR) is 78.9 cm³/mol. The largest absolute Gasteiger partial charge is 0.481 e. The van der Waals surface area contributed by atoms with E-state index in [1.165, 1.54) is 12.8 Å². The first-order valence-electron chi connectivity index (χ1n) is 8.42. The summed E-state index contributed by atoms with van der Waals surface area (Å²) >= 11 is 0. The molecule has 1 aliphatic carbocycles. The summed E-state index contributed by atoms with van der Waals surface area (Å²) in [6.45, 7) is 3.94. The van der Waals surface area contributed by atoms with Gasteiger partial charge in [-0.1, -0.05) is 12.8 Å². The standard InChI is InChI=1S/C16H26N2O3/c19-15(13-5-1-2-6-14(13)16(20)21)18-10-7-12(11-18)17-8-3-4-9-17/h12-14H,1-11H2,(H,20,21). The molecular formula is C16H26N2O3. The highest BCUT2D eigenvalue weighted by Gasteiger charge is 2.40. The lowest BCUT2D eigenvalue weighted by atomic mass is 9.78. The number of likely N-dealkylation sites (tertiary alicyclic amines) is 2. The molecule has 118 valence electrons. The van der Waals surface area contributed by atoms with Gasteiger partial charge in [-0.2, -0.15) is 0 Å². The molecule has 3 rings (SSSR count). The number of carboxylic acids is 1. The predicted octanol–water partition coefficient (Wildman–Crippen LogP) is 1.57. The molecule has 1 amide bonds. The molecular weight excluding hydrogens is 268 g/mol. The van der Waals surface area contributed by atoms with Gasteiger partial charge in [0.25, 0.3) is 0 Å². The Labute approximate surface area is 126 Å². The van der Waals surface area contributed by atoms with Crippen LogP contribution in [0, 0.1) is 11.8 Å². The van der Waals surface area contributed by atoms with Crippen molar-refractivity contribution in [3.63, 3.8) is 0 Å². The fourth-order valence-corrected chi connectivity index (χ4v) is 4.30. The van der Waals surface area contributed by atoms with E-state index in [1.807, 2.05) is 4.90 Å². The maximum absolute atomic E-state index is 12.7. The van der Waals surface area contributed by atoms with E-state index in [1.54, 1.807) is 0 Å². The number of nitrogens with zero attached hydrogens (tertiary/aromatic N) is 2. The zero-order valence-corrected chi connectivity index (χ0v) is 12.7. The molecule has 5 heteroatoms. The molecule has 2 aliphatic heterocycles. The molecule has 3 atom stereocenters. The fourth-order valence-electron chi connectivity index (χ4n) is 4.30. The zero-order chi connectivity index (χ0) is 14.8. The van der Waals surface area contributed by atoms with Gasteiger partial charge >= 0.3 is 5.97 Å². The third-order valence-electron chi connectivity index (χ3n) is 5.53. The molecule has 0 bridgehead atoms. The van der Waals surface area contributed by atoms with Gasteiger partial charge in [-0.25, -0.2) is 0 Å². The molecule has 2 saturated heterocycles. The normalized spacial score (nSPS) is 34.3. The van der Waals surface area contributed by atoms with Crippen LogP contribution >= 0.6 is 0 Å². The van der Waals surface area contributed by atoms with Crippen molar-refractivity contribution < 1.29 is 14.7 Å². The topological polar surface area (TPSA) is 60.9 Å². The van der Waals surface area contributed by atoms with Crippen LogP contribution in [0.25, 0.3) is 0 Å². The van der Waals surface area contributed by atoms with Crippen molar-refractivity contribution in [1.82, 2.24) is 9.80 Å². The lowest BCUT2D eigenvalue weighted by molar-refractivity contribution is -0.152. The number of rotatable bonds is 3. The van der Waals surface area contributed by atoms with Crippen LogP contribution in [-0.4, -0.2) is 59.0 Å². The Bertz CT molecular complexity index is 406. The van der Waals surface area contributed by atoms with Crippen LogP contribution in [0.15, 0.2) is 0 Å². The van der Waals surface area contributed by atoms with Crippen LogP contribution < -0.4 is 0 Å². The van der Waals surface area contributed by atoms with Crippen LogP contribution in [0.1, 0.15) is 44.9 Å². The highest BCUT2D eigenvalue weighted by Crippen LogP contribution is 2.33. The van der Waals surface area contributed by atoms with Gasteiger partial charge in [-0.15, -0.1) is 0 Å². The molecule has 2 heterocycles. The van der Waals surface area contributed by atoms with E-state index in [2.05, 4.69) is 4.90 Å². The van der Waals surface area contributed by atoms with Crippen LogP contribution in [0.4, 0.5) is 0 Å². The minimum absolute atomic E-state index is 0.101. The molecule has 0 aromatic carbocycles. The van der Waals surface area contributed by atoms with Gasteiger partial charge in [0.1, 0.15) is 0 Å². The number of hydrogen-bond donors (Lipinski definition) is 1. The summed E-state index contributed by atoms with van der Waals surface area (Å²) in [4.78, 5) is 28.5. The highest BCUT2D eigenvalue weighted by molar-refractivity contribution is 5.85. The quantitative estimate of drug-likeness (QED) is 0.858. The van der Waals surface area contributed by atoms with E-state index in [0.29, 0.717) is 12.5 Å². The van der Waals surface area contributed by atoms with Gasteiger partial charge in [-0.05, 0) is 45.2 Å². The third kappa shape index (κ3) is 3.07. The second kappa shape index (κ2) is 6.34. The van der Waals surface area contributed by atoms with Gasteiger partial charge in [0.15, 0.2) is 0 Å². The molecule has 1 saturated carbocycles. The second-order valence-corrected chi connectivity index (χ2v) is 6.81. The number of amides is 1. The Morgan fingerprint density at radius 3 is 2.19 bits per heavy atom. The van der Waals surface area contributed by atoms with Gasteiger partial charge in [0.2, 0.25) is 5.91 Å². The molecule has 0 radical (unpaired) electrons. The molecule has 1 N–H and O–H groups in total. The molecule has 3 aliphatic rings. The summed E-state index contributed by atoms with van der Waals surface area (Å²) in [5.74, 6) is -1.43. The highest BCUT2D eigenvalue weighted by atomic mass is 16.4. The van der Waals surface area contributed by atoms with Crippen LogP contribution in [0.3, 0.4) is 0 Å². The molecule has 3 unspecified atom stereocenters. The Morgan fingerprint density at radius 1 is 0.857 bits per heavy atom. The molecule has 0 aromatic rings. The average molecular weight is 294 g/mol. The van der Waals surface area contributed by atoms with Crippen molar-refractivity contribution in [3.05, 3.63) is 0 Å². The second-order valence-electron chi connectivity index (χ2n) is 6.81. The van der Waals surface area contributed by atoms with Crippen molar-refractivity contribution in [2.24, 2.45) is 11.8 Å². The minimum atomic E-state index is -0.789. The SMILES string of the molecule is O=C(O)C1CCCCC1C(=O)N1CCC(N2CCCC2)C1. The maximum atomic E-state index is 12.7. The van der Waals surface area contributed by atoms with Crippen molar-refractivity contribution in [3.8, 4) is 0 Å². The monoisotopic (exact) mass is 294 g/mol. The van der Waals surface area contributed by atoms with Crippen molar-refractivity contribution in [2.75, 3.05) is 26.2 Å². The molecule has 0 spiro atoms. The Balaban J connectivity index is 1.60. The van der Waals surface area contributed by atoms with Gasteiger partial charge in [0.05, 0.1) is 11.8 Å². The smallest absolute Gasteiger partial charge is 0.307 e.